The highest BCUT2D eigenvalue weighted by Gasteiger charge is 2.50. The summed E-state index contributed by atoms with van der Waals surface area (Å²) in [5.41, 5.74) is 2.28. The molecular weight excluding hydrogens is 454 g/mol. The number of hydrogen-bond donors (Lipinski definition) is 0. The Morgan fingerprint density at radius 2 is 1.61 bits per heavy atom. The van der Waals surface area contributed by atoms with E-state index in [2.05, 4.69) is 25.7 Å². The Hall–Kier alpha value is -3.22. The van der Waals surface area contributed by atoms with Crippen molar-refractivity contribution >= 4 is 16.7 Å². The van der Waals surface area contributed by atoms with Crippen LogP contribution in [0.25, 0.3) is 22.3 Å². The second-order valence-corrected chi connectivity index (χ2v) is 11.2. The number of anilines is 1. The third-order valence-electron chi connectivity index (χ3n) is 7.59. The van der Waals surface area contributed by atoms with Gasteiger partial charge in [0, 0.05) is 29.6 Å². The van der Waals surface area contributed by atoms with Gasteiger partial charge in [0.2, 0.25) is 0 Å². The fourth-order valence-electron chi connectivity index (χ4n) is 6.58. The molecule has 1 aromatic heterocycles. The maximum atomic E-state index is 5.89. The second-order valence-electron chi connectivity index (χ2n) is 11.2. The summed E-state index contributed by atoms with van der Waals surface area (Å²) >= 11 is 0. The van der Waals surface area contributed by atoms with Crippen LogP contribution in [0.2, 0.25) is 0 Å². The third kappa shape index (κ3) is 4.29. The zero-order valence-corrected chi connectivity index (χ0v) is 22.5. The zero-order chi connectivity index (χ0) is 25.7. The molecule has 0 unspecified atom stereocenters. The number of fused-ring (bicyclic) bond motifs is 3. The van der Waals surface area contributed by atoms with Gasteiger partial charge in [0.15, 0.2) is 28.8 Å². The predicted octanol–water partition coefficient (Wildman–Crippen LogP) is 6.13. The fourth-order valence-corrected chi connectivity index (χ4v) is 6.58. The lowest BCUT2D eigenvalue weighted by Crippen LogP contribution is -2.35. The molecule has 0 radical (unpaired) electrons. The summed E-state index contributed by atoms with van der Waals surface area (Å²) in [6, 6.07) is 10.3. The molecular formula is C29H37N3O4. The average molecular weight is 492 g/mol. The van der Waals surface area contributed by atoms with E-state index >= 15 is 0 Å². The van der Waals surface area contributed by atoms with Crippen molar-refractivity contribution in [1.29, 1.82) is 0 Å². The summed E-state index contributed by atoms with van der Waals surface area (Å²) in [5.74, 6) is 4.31. The lowest BCUT2D eigenvalue weighted by molar-refractivity contribution is 0.136. The smallest absolute Gasteiger partial charge is 0.163 e. The minimum Gasteiger partial charge on any atom is -0.493 e. The Labute approximate surface area is 213 Å². The van der Waals surface area contributed by atoms with Crippen molar-refractivity contribution in [2.45, 2.75) is 53.0 Å². The molecule has 2 aromatic carbocycles. The van der Waals surface area contributed by atoms with Gasteiger partial charge < -0.3 is 23.8 Å². The van der Waals surface area contributed by atoms with Gasteiger partial charge in [-0.15, -0.1) is 0 Å². The third-order valence-corrected chi connectivity index (χ3v) is 7.59. The van der Waals surface area contributed by atoms with Gasteiger partial charge in [-0.25, -0.2) is 9.97 Å². The Bertz CT molecular complexity index is 1290. The van der Waals surface area contributed by atoms with Crippen molar-refractivity contribution in [2.75, 3.05) is 39.4 Å². The van der Waals surface area contributed by atoms with Crippen LogP contribution in [0.4, 0.5) is 5.82 Å². The first-order chi connectivity index (χ1) is 17.2. The summed E-state index contributed by atoms with van der Waals surface area (Å²) in [6.45, 7) is 10.7. The van der Waals surface area contributed by atoms with E-state index < -0.39 is 0 Å². The molecule has 1 aliphatic carbocycles. The minimum atomic E-state index is 0.266. The summed E-state index contributed by atoms with van der Waals surface area (Å²) in [6.07, 6.45) is 3.55. The Morgan fingerprint density at radius 3 is 2.31 bits per heavy atom. The highest BCUT2D eigenvalue weighted by molar-refractivity contribution is 5.94. The topological polar surface area (TPSA) is 65.9 Å². The normalized spacial score (nSPS) is 22.5. The van der Waals surface area contributed by atoms with Crippen LogP contribution in [0, 0.1) is 10.8 Å². The first kappa shape index (κ1) is 24.5. The first-order valence-electron chi connectivity index (χ1n) is 12.7. The Balaban J connectivity index is 1.71. The van der Waals surface area contributed by atoms with Gasteiger partial charge in [0.05, 0.1) is 33.5 Å². The molecule has 1 saturated carbocycles. The molecule has 7 heteroatoms. The first-order valence-corrected chi connectivity index (χ1v) is 12.7. The van der Waals surface area contributed by atoms with Gasteiger partial charge in [0.25, 0.3) is 0 Å². The monoisotopic (exact) mass is 491 g/mol. The second kappa shape index (κ2) is 9.02. The summed E-state index contributed by atoms with van der Waals surface area (Å²) in [7, 11) is 4.95. The van der Waals surface area contributed by atoms with Gasteiger partial charge in [0.1, 0.15) is 5.82 Å². The van der Waals surface area contributed by atoms with Crippen LogP contribution < -0.4 is 23.8 Å². The molecule has 2 aliphatic rings. The van der Waals surface area contributed by atoms with Gasteiger partial charge in [-0.1, -0.05) is 20.8 Å². The minimum absolute atomic E-state index is 0.266. The quantitative estimate of drug-likeness (QED) is 0.394. The zero-order valence-electron chi connectivity index (χ0n) is 22.5. The lowest BCUT2D eigenvalue weighted by atomic mass is 9.65. The number of benzene rings is 2. The van der Waals surface area contributed by atoms with Crippen molar-refractivity contribution in [1.82, 2.24) is 9.97 Å². The molecule has 1 saturated heterocycles. The summed E-state index contributed by atoms with van der Waals surface area (Å²) in [5, 5.41) is 0.980. The number of ether oxygens (including phenoxy) is 4. The average Bonchev–Trinajstić information content (AvgIpc) is 3.10. The number of rotatable bonds is 7. The van der Waals surface area contributed by atoms with Crippen molar-refractivity contribution in [3.05, 3.63) is 30.3 Å². The van der Waals surface area contributed by atoms with Crippen LogP contribution >= 0.6 is 0 Å². The molecule has 36 heavy (non-hydrogen) atoms. The number of aromatic nitrogens is 2. The molecule has 2 heterocycles. The standard InChI is InChI=1S/C29H37N3O4/c1-8-36-25-13-21-20(12-24(25)35-7)27(32-17-29(4)15-19(32)14-28(2,3)16-29)31-26(30-21)18-9-10-22(33-5)23(11-18)34-6/h9-13,19H,8,14-17H2,1-7H3/t19-,29+/m1/s1. The lowest BCUT2D eigenvalue weighted by Gasteiger charge is -2.39. The van der Waals surface area contributed by atoms with Crippen LogP contribution in [0.1, 0.15) is 47.0 Å². The van der Waals surface area contributed by atoms with E-state index in [0.717, 1.165) is 35.2 Å². The van der Waals surface area contributed by atoms with E-state index in [9.17, 15) is 0 Å². The van der Waals surface area contributed by atoms with Crippen LogP contribution in [0.3, 0.4) is 0 Å². The molecule has 192 valence electrons. The molecule has 2 bridgehead atoms. The molecule has 2 atom stereocenters. The largest absolute Gasteiger partial charge is 0.493 e. The predicted molar refractivity (Wildman–Crippen MR) is 143 cm³/mol. The van der Waals surface area contributed by atoms with Crippen LogP contribution in [0.15, 0.2) is 30.3 Å². The molecule has 0 N–H and O–H groups in total. The van der Waals surface area contributed by atoms with Crippen molar-refractivity contribution in [3.8, 4) is 34.4 Å². The van der Waals surface area contributed by atoms with Crippen molar-refractivity contribution < 1.29 is 18.9 Å². The van der Waals surface area contributed by atoms with Crippen molar-refractivity contribution in [2.24, 2.45) is 10.8 Å². The van der Waals surface area contributed by atoms with E-state index in [1.165, 1.54) is 12.8 Å². The number of hydrogen-bond acceptors (Lipinski definition) is 7. The summed E-state index contributed by atoms with van der Waals surface area (Å²) in [4.78, 5) is 12.7. The van der Waals surface area contributed by atoms with Gasteiger partial charge in [-0.3, -0.25) is 0 Å². The number of methoxy groups -OCH3 is 3. The highest BCUT2D eigenvalue weighted by atomic mass is 16.5. The van der Waals surface area contributed by atoms with E-state index in [-0.39, 0.29) is 5.41 Å². The van der Waals surface area contributed by atoms with E-state index in [4.69, 9.17) is 28.9 Å². The Kier molecular flexibility index (Phi) is 6.13. The fraction of sp³-hybridized carbons (Fsp3) is 0.517. The molecule has 1 aliphatic heterocycles. The molecule has 3 aromatic rings. The molecule has 5 rings (SSSR count). The highest BCUT2D eigenvalue weighted by Crippen LogP contribution is 2.54. The SMILES string of the molecule is CCOc1cc2nc(-c3ccc(OC)c(OC)c3)nc(N3C[C@@]4(C)C[C@H]3CC(C)(C)C4)c2cc1OC. The van der Waals surface area contributed by atoms with Crippen molar-refractivity contribution in [3.63, 3.8) is 0 Å². The van der Waals surface area contributed by atoms with Gasteiger partial charge >= 0.3 is 0 Å². The van der Waals surface area contributed by atoms with Crippen LogP contribution in [-0.4, -0.2) is 50.5 Å². The van der Waals surface area contributed by atoms with Crippen LogP contribution in [0.5, 0.6) is 23.0 Å². The van der Waals surface area contributed by atoms with Gasteiger partial charge in [-0.2, -0.15) is 0 Å². The Morgan fingerprint density at radius 1 is 0.889 bits per heavy atom. The molecule has 2 fully saturated rings. The van der Waals surface area contributed by atoms with E-state index in [0.29, 0.717) is 46.9 Å². The number of nitrogens with zero attached hydrogens (tertiary/aromatic N) is 3. The van der Waals surface area contributed by atoms with Gasteiger partial charge in [-0.05, 0) is 61.3 Å². The van der Waals surface area contributed by atoms with Crippen LogP contribution in [-0.2, 0) is 0 Å². The van der Waals surface area contributed by atoms with E-state index in [1.54, 1.807) is 21.3 Å². The molecule has 0 amide bonds. The summed E-state index contributed by atoms with van der Waals surface area (Å²) < 4.78 is 22.6. The molecule has 0 spiro atoms. The molecule has 7 nitrogen and oxygen atoms in total. The maximum absolute atomic E-state index is 5.89. The maximum Gasteiger partial charge on any atom is 0.163 e. The van der Waals surface area contributed by atoms with E-state index in [1.807, 2.05) is 37.3 Å².